The Morgan fingerprint density at radius 3 is 2.92 bits per heavy atom. The maximum absolute atomic E-state index is 12.3. The number of morpholine rings is 1. The number of nitrogens with one attached hydrogen (secondary N) is 1. The molecule has 25 heavy (non-hydrogen) atoms. The second-order valence-electron chi connectivity index (χ2n) is 6.59. The Bertz CT molecular complexity index is 557. The van der Waals surface area contributed by atoms with Gasteiger partial charge < -0.3 is 19.5 Å². The zero-order valence-electron chi connectivity index (χ0n) is 14.5. The standard InChI is InChI=1S/C17H26N4O4/c22-16-3-2-14(17(23)18-12-15-4-9-25-19-15)13-21(16)6-1-5-20-7-10-24-11-8-20/h4,9,14H,1-3,5-8,10-13H2,(H,18,23). The van der Waals surface area contributed by atoms with Crippen molar-refractivity contribution >= 4 is 11.8 Å². The van der Waals surface area contributed by atoms with E-state index >= 15 is 0 Å². The summed E-state index contributed by atoms with van der Waals surface area (Å²) in [7, 11) is 0. The van der Waals surface area contributed by atoms with Crippen molar-refractivity contribution in [2.75, 3.05) is 45.9 Å². The molecule has 2 aliphatic heterocycles. The molecule has 2 saturated heterocycles. The fraction of sp³-hybridized carbons (Fsp3) is 0.706. The normalized spacial score (nSPS) is 22.2. The van der Waals surface area contributed by atoms with Gasteiger partial charge in [0, 0.05) is 45.2 Å². The van der Waals surface area contributed by atoms with Crippen LogP contribution in [0.2, 0.25) is 0 Å². The maximum Gasteiger partial charge on any atom is 0.225 e. The molecule has 0 aromatic carbocycles. The molecule has 1 unspecified atom stereocenters. The van der Waals surface area contributed by atoms with E-state index in [0.29, 0.717) is 38.2 Å². The van der Waals surface area contributed by atoms with Crippen molar-refractivity contribution < 1.29 is 18.8 Å². The summed E-state index contributed by atoms with van der Waals surface area (Å²) in [5, 5.41) is 6.65. The highest BCUT2D eigenvalue weighted by molar-refractivity contribution is 5.83. The van der Waals surface area contributed by atoms with Gasteiger partial charge in [0.15, 0.2) is 0 Å². The Hall–Kier alpha value is -1.93. The topological polar surface area (TPSA) is 87.9 Å². The third-order valence-corrected chi connectivity index (χ3v) is 4.81. The predicted octanol–water partition coefficient (Wildman–Crippen LogP) is 0.252. The van der Waals surface area contributed by atoms with Crippen LogP contribution in [0.4, 0.5) is 0 Å². The first-order valence-electron chi connectivity index (χ1n) is 8.97. The van der Waals surface area contributed by atoms with Gasteiger partial charge in [0.2, 0.25) is 11.8 Å². The summed E-state index contributed by atoms with van der Waals surface area (Å²) in [6.07, 6.45) is 3.47. The van der Waals surface area contributed by atoms with Gasteiger partial charge in [-0.05, 0) is 12.8 Å². The summed E-state index contributed by atoms with van der Waals surface area (Å²) >= 11 is 0. The predicted molar refractivity (Wildman–Crippen MR) is 89.5 cm³/mol. The number of carbonyl (C=O) groups excluding carboxylic acids is 2. The van der Waals surface area contributed by atoms with E-state index < -0.39 is 0 Å². The van der Waals surface area contributed by atoms with Gasteiger partial charge in [-0.1, -0.05) is 5.16 Å². The molecular formula is C17H26N4O4. The zero-order chi connectivity index (χ0) is 17.5. The van der Waals surface area contributed by atoms with Crippen LogP contribution in [0, 0.1) is 5.92 Å². The van der Waals surface area contributed by atoms with Crippen molar-refractivity contribution in [3.05, 3.63) is 18.0 Å². The van der Waals surface area contributed by atoms with Gasteiger partial charge >= 0.3 is 0 Å². The highest BCUT2D eigenvalue weighted by atomic mass is 16.5. The van der Waals surface area contributed by atoms with Crippen LogP contribution in [0.15, 0.2) is 16.9 Å². The smallest absolute Gasteiger partial charge is 0.225 e. The molecule has 1 N–H and O–H groups in total. The first-order chi connectivity index (χ1) is 12.2. The van der Waals surface area contributed by atoms with Gasteiger partial charge in [-0.3, -0.25) is 14.5 Å². The Kier molecular flexibility index (Phi) is 6.41. The summed E-state index contributed by atoms with van der Waals surface area (Å²) in [5.41, 5.74) is 0.697. The Morgan fingerprint density at radius 1 is 1.32 bits per heavy atom. The lowest BCUT2D eigenvalue weighted by molar-refractivity contribution is -0.138. The third-order valence-electron chi connectivity index (χ3n) is 4.81. The second kappa shape index (κ2) is 8.96. The van der Waals surface area contributed by atoms with Crippen molar-refractivity contribution in [3.8, 4) is 0 Å². The van der Waals surface area contributed by atoms with Crippen LogP contribution in [-0.2, 0) is 20.9 Å². The van der Waals surface area contributed by atoms with Crippen LogP contribution in [0.3, 0.4) is 0 Å². The van der Waals surface area contributed by atoms with E-state index in [-0.39, 0.29) is 17.7 Å². The van der Waals surface area contributed by atoms with Crippen LogP contribution < -0.4 is 5.32 Å². The molecule has 2 aliphatic rings. The van der Waals surface area contributed by atoms with Crippen LogP contribution in [0.25, 0.3) is 0 Å². The largest absolute Gasteiger partial charge is 0.379 e. The Labute approximate surface area is 147 Å². The van der Waals surface area contributed by atoms with Gasteiger partial charge in [0.25, 0.3) is 0 Å². The molecule has 3 rings (SSSR count). The van der Waals surface area contributed by atoms with E-state index in [4.69, 9.17) is 9.26 Å². The van der Waals surface area contributed by atoms with Gasteiger partial charge in [0.05, 0.1) is 25.7 Å². The minimum absolute atomic E-state index is 0.0197. The zero-order valence-corrected chi connectivity index (χ0v) is 14.5. The molecule has 0 aliphatic carbocycles. The van der Waals surface area contributed by atoms with Crippen LogP contribution >= 0.6 is 0 Å². The lowest BCUT2D eigenvalue weighted by Gasteiger charge is -2.33. The highest BCUT2D eigenvalue weighted by Gasteiger charge is 2.30. The number of rotatable bonds is 7. The lowest BCUT2D eigenvalue weighted by atomic mass is 9.96. The fourth-order valence-corrected chi connectivity index (χ4v) is 3.31. The average molecular weight is 350 g/mol. The van der Waals surface area contributed by atoms with E-state index in [0.717, 1.165) is 39.3 Å². The molecule has 3 heterocycles. The van der Waals surface area contributed by atoms with E-state index in [1.54, 1.807) is 6.07 Å². The summed E-state index contributed by atoms with van der Waals surface area (Å²) < 4.78 is 10.1. The number of ether oxygens (including phenoxy) is 1. The molecule has 0 spiro atoms. The molecule has 2 amide bonds. The molecule has 8 nitrogen and oxygen atoms in total. The molecular weight excluding hydrogens is 324 g/mol. The quantitative estimate of drug-likeness (QED) is 0.759. The van der Waals surface area contributed by atoms with E-state index in [2.05, 4.69) is 15.4 Å². The average Bonchev–Trinajstić information content (AvgIpc) is 3.16. The van der Waals surface area contributed by atoms with Crippen molar-refractivity contribution in [3.63, 3.8) is 0 Å². The number of amides is 2. The molecule has 1 aromatic rings. The molecule has 138 valence electrons. The number of hydrogen-bond donors (Lipinski definition) is 1. The van der Waals surface area contributed by atoms with Crippen LogP contribution in [0.5, 0.6) is 0 Å². The summed E-state index contributed by atoms with van der Waals surface area (Å²) in [6, 6.07) is 1.72. The van der Waals surface area contributed by atoms with E-state index in [1.165, 1.54) is 6.26 Å². The number of nitrogens with zero attached hydrogens (tertiary/aromatic N) is 3. The minimum atomic E-state index is -0.145. The lowest BCUT2D eigenvalue weighted by Crippen LogP contribution is -2.46. The van der Waals surface area contributed by atoms with Crippen molar-refractivity contribution in [2.45, 2.75) is 25.8 Å². The number of hydrogen-bond acceptors (Lipinski definition) is 6. The number of piperidine rings is 1. The first kappa shape index (κ1) is 17.9. The molecule has 2 fully saturated rings. The summed E-state index contributed by atoms with van der Waals surface area (Å²) in [4.78, 5) is 28.7. The Morgan fingerprint density at radius 2 is 2.16 bits per heavy atom. The van der Waals surface area contributed by atoms with E-state index in [9.17, 15) is 9.59 Å². The minimum Gasteiger partial charge on any atom is -0.379 e. The molecule has 0 bridgehead atoms. The number of likely N-dealkylation sites (tertiary alicyclic amines) is 1. The molecule has 0 radical (unpaired) electrons. The first-order valence-corrected chi connectivity index (χ1v) is 8.97. The van der Waals surface area contributed by atoms with E-state index in [1.807, 2.05) is 4.90 Å². The monoisotopic (exact) mass is 350 g/mol. The van der Waals surface area contributed by atoms with Gasteiger partial charge in [-0.25, -0.2) is 0 Å². The number of aromatic nitrogens is 1. The summed E-state index contributed by atoms with van der Waals surface area (Å²) in [6.45, 7) is 6.04. The maximum atomic E-state index is 12.3. The van der Waals surface area contributed by atoms with Crippen LogP contribution in [-0.4, -0.2) is 72.7 Å². The van der Waals surface area contributed by atoms with Crippen molar-refractivity contribution in [1.82, 2.24) is 20.3 Å². The molecule has 1 aromatic heterocycles. The molecule has 1 atom stereocenters. The van der Waals surface area contributed by atoms with Gasteiger partial charge in [0.1, 0.15) is 12.0 Å². The molecule has 0 saturated carbocycles. The highest BCUT2D eigenvalue weighted by Crippen LogP contribution is 2.18. The van der Waals surface area contributed by atoms with Gasteiger partial charge in [-0.2, -0.15) is 0 Å². The SMILES string of the molecule is O=C(NCc1ccon1)C1CCC(=O)N(CCCN2CCOCC2)C1. The van der Waals surface area contributed by atoms with Crippen molar-refractivity contribution in [2.24, 2.45) is 5.92 Å². The van der Waals surface area contributed by atoms with Crippen LogP contribution in [0.1, 0.15) is 25.0 Å². The fourth-order valence-electron chi connectivity index (χ4n) is 3.31. The second-order valence-corrected chi connectivity index (χ2v) is 6.59. The van der Waals surface area contributed by atoms with Gasteiger partial charge in [-0.15, -0.1) is 0 Å². The third kappa shape index (κ3) is 5.27. The Balaban J connectivity index is 1.40. The molecule has 8 heteroatoms. The number of carbonyl (C=O) groups is 2. The van der Waals surface area contributed by atoms with Crippen molar-refractivity contribution in [1.29, 1.82) is 0 Å². The summed E-state index contributed by atoms with van der Waals surface area (Å²) in [5.74, 6) is -0.0100.